The predicted molar refractivity (Wildman–Crippen MR) is 103 cm³/mol. The van der Waals surface area contributed by atoms with Crippen molar-refractivity contribution in [1.82, 2.24) is 26.7 Å². The molecule has 5 nitrogen and oxygen atoms in total. The molecule has 1 aromatic heterocycles. The van der Waals surface area contributed by atoms with Crippen molar-refractivity contribution in [3.8, 4) is 22.3 Å². The van der Waals surface area contributed by atoms with E-state index in [4.69, 9.17) is 0 Å². The van der Waals surface area contributed by atoms with E-state index in [-0.39, 0.29) is 11.1 Å². The van der Waals surface area contributed by atoms with Gasteiger partial charge < -0.3 is 0 Å². The summed E-state index contributed by atoms with van der Waals surface area (Å²) >= 11 is 0. The van der Waals surface area contributed by atoms with Gasteiger partial charge in [-0.15, -0.1) is 0 Å². The van der Waals surface area contributed by atoms with Gasteiger partial charge in [0.05, 0.1) is 0 Å². The van der Waals surface area contributed by atoms with Gasteiger partial charge in [-0.2, -0.15) is 26.3 Å². The second-order valence-corrected chi connectivity index (χ2v) is 7.61. The molecule has 0 aliphatic carbocycles. The molecule has 11 heteroatoms. The number of halogens is 6. The molecule has 0 atom stereocenters. The zero-order valence-electron chi connectivity index (χ0n) is 16.1. The maximum atomic E-state index is 13.2. The predicted octanol–water partition coefficient (Wildman–Crippen LogP) is 4.06. The fourth-order valence-corrected chi connectivity index (χ4v) is 3.61. The Kier molecular flexibility index (Phi) is 4.41. The maximum absolute atomic E-state index is 13.2. The number of hydrogen-bond donors (Lipinski definition) is 4. The summed E-state index contributed by atoms with van der Waals surface area (Å²) in [6.07, 6.45) is -5.84. The van der Waals surface area contributed by atoms with Gasteiger partial charge in [0.25, 0.3) is 0 Å². The molecule has 5 rings (SSSR count). The molecular formula is C21H15F6N5. The van der Waals surface area contributed by atoms with E-state index < -0.39 is 23.7 Å². The fourth-order valence-electron chi connectivity index (χ4n) is 3.61. The SMILES string of the molecule is FC(F)(F)C1(c2ccc(-c3cncc(-c4ccc(C5(C(F)(F)F)NN5)cc4)c3)cc2)NN1. The van der Waals surface area contributed by atoms with Crippen molar-refractivity contribution in [2.75, 3.05) is 0 Å². The number of nitrogens with one attached hydrogen (secondary N) is 4. The van der Waals surface area contributed by atoms with E-state index >= 15 is 0 Å². The Bertz CT molecular complexity index is 1060. The van der Waals surface area contributed by atoms with E-state index in [1.54, 1.807) is 42.7 Å². The number of hydrazine groups is 2. The van der Waals surface area contributed by atoms with Gasteiger partial charge in [0.15, 0.2) is 0 Å². The van der Waals surface area contributed by atoms with Crippen LogP contribution in [0.5, 0.6) is 0 Å². The summed E-state index contributed by atoms with van der Waals surface area (Å²) in [6, 6.07) is 13.5. The normalized spacial score (nSPS) is 18.9. The Balaban J connectivity index is 1.40. The van der Waals surface area contributed by atoms with Crippen LogP contribution in [0.2, 0.25) is 0 Å². The number of aromatic nitrogens is 1. The van der Waals surface area contributed by atoms with Gasteiger partial charge in [0.1, 0.15) is 0 Å². The van der Waals surface area contributed by atoms with Crippen LogP contribution in [-0.2, 0) is 11.3 Å². The van der Waals surface area contributed by atoms with Crippen LogP contribution < -0.4 is 21.7 Å². The molecular weight excluding hydrogens is 436 g/mol. The van der Waals surface area contributed by atoms with Gasteiger partial charge >= 0.3 is 12.4 Å². The van der Waals surface area contributed by atoms with Crippen molar-refractivity contribution in [3.63, 3.8) is 0 Å². The van der Waals surface area contributed by atoms with Crippen molar-refractivity contribution < 1.29 is 26.3 Å². The first-order chi connectivity index (χ1) is 15.1. The third-order valence-electron chi connectivity index (χ3n) is 5.64. The van der Waals surface area contributed by atoms with Crippen molar-refractivity contribution in [3.05, 3.63) is 78.1 Å². The summed E-state index contributed by atoms with van der Waals surface area (Å²) in [5, 5.41) is 0. The molecule has 0 spiro atoms. The lowest BCUT2D eigenvalue weighted by atomic mass is 9.96. The van der Waals surface area contributed by atoms with Crippen LogP contribution in [0, 0.1) is 0 Å². The molecule has 4 N–H and O–H groups in total. The number of benzene rings is 2. The van der Waals surface area contributed by atoms with Gasteiger partial charge in [-0.05, 0) is 28.3 Å². The van der Waals surface area contributed by atoms with Gasteiger partial charge in [-0.1, -0.05) is 48.5 Å². The van der Waals surface area contributed by atoms with Gasteiger partial charge in [-0.25, -0.2) is 21.7 Å². The summed E-state index contributed by atoms with van der Waals surface area (Å²) in [5.74, 6) is 0. The lowest BCUT2D eigenvalue weighted by molar-refractivity contribution is -0.166. The zero-order chi connectivity index (χ0) is 22.8. The number of alkyl halides is 6. The average molecular weight is 451 g/mol. The van der Waals surface area contributed by atoms with Crippen LogP contribution in [0.3, 0.4) is 0 Å². The minimum Gasteiger partial charge on any atom is -0.263 e. The fraction of sp³-hybridized carbons (Fsp3) is 0.190. The van der Waals surface area contributed by atoms with Crippen LogP contribution >= 0.6 is 0 Å². The van der Waals surface area contributed by atoms with Crippen molar-refractivity contribution in [1.29, 1.82) is 0 Å². The van der Waals surface area contributed by atoms with Crippen molar-refractivity contribution in [2.45, 2.75) is 23.7 Å². The molecule has 0 bridgehead atoms. The highest BCUT2D eigenvalue weighted by Gasteiger charge is 2.66. The van der Waals surface area contributed by atoms with E-state index in [0.717, 1.165) is 0 Å². The van der Waals surface area contributed by atoms with Crippen LogP contribution in [0.15, 0.2) is 67.0 Å². The molecule has 3 aromatic rings. The minimum absolute atomic E-state index is 0.0364. The Morgan fingerprint density at radius 1 is 0.531 bits per heavy atom. The summed E-state index contributed by atoms with van der Waals surface area (Å²) in [4.78, 5) is 4.17. The highest BCUT2D eigenvalue weighted by molar-refractivity contribution is 5.72. The first-order valence-corrected chi connectivity index (χ1v) is 9.45. The third-order valence-corrected chi connectivity index (χ3v) is 5.64. The molecule has 0 amide bonds. The molecule has 0 saturated carbocycles. The molecule has 2 fully saturated rings. The van der Waals surface area contributed by atoms with Crippen LogP contribution in [0.4, 0.5) is 26.3 Å². The largest absolute Gasteiger partial charge is 0.426 e. The van der Waals surface area contributed by atoms with E-state index in [0.29, 0.717) is 22.3 Å². The molecule has 2 aromatic carbocycles. The van der Waals surface area contributed by atoms with Gasteiger partial charge in [0, 0.05) is 23.5 Å². The monoisotopic (exact) mass is 451 g/mol. The van der Waals surface area contributed by atoms with Crippen LogP contribution in [0.25, 0.3) is 22.3 Å². The van der Waals surface area contributed by atoms with E-state index in [1.165, 1.54) is 24.3 Å². The minimum atomic E-state index is -4.49. The maximum Gasteiger partial charge on any atom is 0.426 e. The Morgan fingerprint density at radius 3 is 1.16 bits per heavy atom. The molecule has 2 saturated heterocycles. The van der Waals surface area contributed by atoms with Crippen molar-refractivity contribution >= 4 is 0 Å². The molecule has 0 radical (unpaired) electrons. The topological polar surface area (TPSA) is 101 Å². The van der Waals surface area contributed by atoms with Gasteiger partial charge in [-0.3, -0.25) is 4.98 Å². The Labute approximate surface area is 177 Å². The molecule has 2 aliphatic heterocycles. The highest BCUT2D eigenvalue weighted by atomic mass is 19.4. The Morgan fingerprint density at radius 2 is 0.875 bits per heavy atom. The average Bonchev–Trinajstić information content (AvgIpc) is 3.66. The second-order valence-electron chi connectivity index (χ2n) is 7.61. The number of nitrogens with zero attached hydrogens (tertiary/aromatic N) is 1. The molecule has 166 valence electrons. The first-order valence-electron chi connectivity index (χ1n) is 9.45. The third kappa shape index (κ3) is 3.25. The van der Waals surface area contributed by atoms with E-state index in [2.05, 4.69) is 26.7 Å². The number of rotatable bonds is 4. The van der Waals surface area contributed by atoms with Crippen molar-refractivity contribution in [2.24, 2.45) is 0 Å². The lowest BCUT2D eigenvalue weighted by Crippen LogP contribution is -2.34. The molecule has 0 unspecified atom stereocenters. The van der Waals surface area contributed by atoms with Crippen LogP contribution in [0.1, 0.15) is 11.1 Å². The number of hydrogen-bond acceptors (Lipinski definition) is 5. The molecule has 2 aliphatic rings. The van der Waals surface area contributed by atoms with Gasteiger partial charge in [0.2, 0.25) is 11.3 Å². The lowest BCUT2D eigenvalue weighted by Gasteiger charge is -2.17. The first kappa shape index (κ1) is 20.9. The smallest absolute Gasteiger partial charge is 0.263 e. The second kappa shape index (κ2) is 6.75. The quantitative estimate of drug-likeness (QED) is 0.354. The molecule has 32 heavy (non-hydrogen) atoms. The highest BCUT2D eigenvalue weighted by Crippen LogP contribution is 2.43. The standard InChI is InChI=1S/C21H15F6N5/c22-20(23,24)18(29-30-18)16-5-1-12(2-6-16)14-9-15(11-28-10-14)13-3-7-17(8-4-13)19(31-32-19)21(25,26)27/h1-11,29-32H. The Hall–Kier alpha value is -2.99. The van der Waals surface area contributed by atoms with Crippen LogP contribution in [-0.4, -0.2) is 17.3 Å². The summed E-state index contributed by atoms with van der Waals surface area (Å²) < 4.78 is 79.3. The molecule has 3 heterocycles. The summed E-state index contributed by atoms with van der Waals surface area (Å²) in [5.41, 5.74) is 6.86. The summed E-state index contributed by atoms with van der Waals surface area (Å²) in [6.45, 7) is 0. The zero-order valence-corrected chi connectivity index (χ0v) is 16.1. The number of pyridine rings is 1. The summed E-state index contributed by atoms with van der Waals surface area (Å²) in [7, 11) is 0. The van der Waals surface area contributed by atoms with E-state index in [9.17, 15) is 26.3 Å². The van der Waals surface area contributed by atoms with E-state index in [1.807, 2.05) is 0 Å².